The first-order valence-electron chi connectivity index (χ1n) is 10.0. The highest BCUT2D eigenvalue weighted by molar-refractivity contribution is 6.10. The molecule has 5 aromatic rings. The molecule has 4 heteroatoms. The van der Waals surface area contributed by atoms with Crippen LogP contribution >= 0.6 is 0 Å². The van der Waals surface area contributed by atoms with Crippen molar-refractivity contribution in [2.45, 2.75) is 6.42 Å². The summed E-state index contributed by atoms with van der Waals surface area (Å²) in [4.78, 5) is 16.8. The molecule has 0 radical (unpaired) electrons. The van der Waals surface area contributed by atoms with Crippen LogP contribution in [0.3, 0.4) is 0 Å². The summed E-state index contributed by atoms with van der Waals surface area (Å²) >= 11 is 0. The van der Waals surface area contributed by atoms with E-state index in [1.54, 1.807) is 30.6 Å². The molecule has 0 aliphatic carbocycles. The maximum absolute atomic E-state index is 12.7. The first-order chi connectivity index (χ1) is 15.2. The third-order valence-corrected chi connectivity index (χ3v) is 5.34. The van der Waals surface area contributed by atoms with Gasteiger partial charge in [0.2, 0.25) is 0 Å². The Labute approximate surface area is 179 Å². The summed E-state index contributed by atoms with van der Waals surface area (Å²) in [6.07, 6.45) is 3.43. The van der Waals surface area contributed by atoms with Gasteiger partial charge in [-0.2, -0.15) is 0 Å². The van der Waals surface area contributed by atoms with E-state index in [-0.39, 0.29) is 18.1 Å². The maximum atomic E-state index is 12.7. The maximum Gasteiger partial charge on any atom is 0.315 e. The third kappa shape index (κ3) is 3.60. The van der Waals surface area contributed by atoms with Crippen molar-refractivity contribution in [3.8, 4) is 22.6 Å². The molecule has 0 atom stereocenters. The second-order valence-corrected chi connectivity index (χ2v) is 7.35. The number of phenolic OH excluding ortho intramolecular Hbond substituents is 1. The fraction of sp³-hybridized carbons (Fsp3) is 0.0370. The summed E-state index contributed by atoms with van der Waals surface area (Å²) in [7, 11) is 0. The number of aromatic nitrogens is 1. The lowest BCUT2D eigenvalue weighted by Gasteiger charge is -2.16. The minimum atomic E-state index is -0.385. The summed E-state index contributed by atoms with van der Waals surface area (Å²) in [5, 5.41) is 14.7. The van der Waals surface area contributed by atoms with Crippen LogP contribution < -0.4 is 4.74 Å². The van der Waals surface area contributed by atoms with Crippen LogP contribution in [0.25, 0.3) is 32.7 Å². The predicted molar refractivity (Wildman–Crippen MR) is 122 cm³/mol. The van der Waals surface area contributed by atoms with Gasteiger partial charge >= 0.3 is 5.97 Å². The number of rotatable bonds is 4. The van der Waals surface area contributed by atoms with E-state index in [9.17, 15) is 9.90 Å². The van der Waals surface area contributed by atoms with Gasteiger partial charge < -0.3 is 9.84 Å². The van der Waals surface area contributed by atoms with E-state index in [1.807, 2.05) is 66.7 Å². The number of nitrogens with zero attached hydrogens (tertiary/aromatic N) is 1. The fourth-order valence-corrected chi connectivity index (χ4v) is 3.95. The van der Waals surface area contributed by atoms with E-state index >= 15 is 0 Å². The highest BCUT2D eigenvalue weighted by atomic mass is 16.5. The lowest BCUT2D eigenvalue weighted by Crippen LogP contribution is -2.12. The predicted octanol–water partition coefficient (Wildman–Crippen LogP) is 5.91. The van der Waals surface area contributed by atoms with Gasteiger partial charge in [0.15, 0.2) is 0 Å². The van der Waals surface area contributed by atoms with Gasteiger partial charge in [-0.1, -0.05) is 66.7 Å². The molecule has 31 heavy (non-hydrogen) atoms. The number of fused-ring (bicyclic) bond motifs is 2. The summed E-state index contributed by atoms with van der Waals surface area (Å²) < 4.78 is 5.84. The van der Waals surface area contributed by atoms with Gasteiger partial charge in [-0.15, -0.1) is 0 Å². The Bertz CT molecular complexity index is 1410. The zero-order valence-corrected chi connectivity index (χ0v) is 16.7. The Hall–Kier alpha value is -4.18. The average molecular weight is 405 g/mol. The van der Waals surface area contributed by atoms with Gasteiger partial charge in [-0.05, 0) is 45.3 Å². The van der Waals surface area contributed by atoms with Crippen molar-refractivity contribution in [2.75, 3.05) is 0 Å². The number of phenols is 1. The molecule has 150 valence electrons. The quantitative estimate of drug-likeness (QED) is 0.298. The van der Waals surface area contributed by atoms with E-state index in [0.29, 0.717) is 16.9 Å². The molecule has 0 saturated heterocycles. The number of aromatic hydroxyl groups is 1. The first-order valence-corrected chi connectivity index (χ1v) is 10.0. The van der Waals surface area contributed by atoms with Crippen molar-refractivity contribution in [2.24, 2.45) is 0 Å². The van der Waals surface area contributed by atoms with Gasteiger partial charge in [0, 0.05) is 23.5 Å². The summed E-state index contributed by atoms with van der Waals surface area (Å²) in [6.45, 7) is 0. The molecule has 0 amide bonds. The Morgan fingerprint density at radius 2 is 1.45 bits per heavy atom. The molecule has 0 aliphatic rings. The standard InChI is InChI=1S/C27H19NO3/c29-23-13-11-19-7-1-3-9-21(19)26(23)27-22-10-4-2-8-20(22)12-14-24(27)31-25(30)16-18-6-5-15-28-17-18/h1-15,17,29H,16H2. The van der Waals surface area contributed by atoms with Crippen molar-refractivity contribution in [1.29, 1.82) is 0 Å². The topological polar surface area (TPSA) is 59.4 Å². The molecule has 5 rings (SSSR count). The average Bonchev–Trinajstić information content (AvgIpc) is 2.80. The highest BCUT2D eigenvalue weighted by Crippen LogP contribution is 2.45. The molecule has 0 fully saturated rings. The monoisotopic (exact) mass is 405 g/mol. The fourth-order valence-electron chi connectivity index (χ4n) is 3.95. The minimum Gasteiger partial charge on any atom is -0.507 e. The highest BCUT2D eigenvalue weighted by Gasteiger charge is 2.19. The third-order valence-electron chi connectivity index (χ3n) is 5.34. The normalized spacial score (nSPS) is 11.0. The van der Waals surface area contributed by atoms with Crippen LogP contribution in [0.5, 0.6) is 11.5 Å². The summed E-state index contributed by atoms with van der Waals surface area (Å²) in [5.41, 5.74) is 2.13. The van der Waals surface area contributed by atoms with Crippen LogP contribution in [0, 0.1) is 0 Å². The van der Waals surface area contributed by atoms with E-state index in [0.717, 1.165) is 27.1 Å². The molecular formula is C27H19NO3. The molecule has 0 spiro atoms. The van der Waals surface area contributed by atoms with Gasteiger partial charge in [-0.25, -0.2) is 0 Å². The Kier molecular flexibility index (Phi) is 4.81. The molecular weight excluding hydrogens is 386 g/mol. The summed E-state index contributed by atoms with van der Waals surface area (Å²) in [6, 6.07) is 26.6. The smallest absolute Gasteiger partial charge is 0.315 e. The van der Waals surface area contributed by atoms with Crippen molar-refractivity contribution in [3.63, 3.8) is 0 Å². The largest absolute Gasteiger partial charge is 0.507 e. The SMILES string of the molecule is O=C(Cc1cccnc1)Oc1ccc2ccccc2c1-c1c(O)ccc2ccccc12. The van der Waals surface area contributed by atoms with Crippen molar-refractivity contribution >= 4 is 27.5 Å². The van der Waals surface area contributed by atoms with E-state index in [1.165, 1.54) is 0 Å². The van der Waals surface area contributed by atoms with E-state index < -0.39 is 0 Å². The van der Waals surface area contributed by atoms with Crippen LogP contribution in [-0.2, 0) is 11.2 Å². The van der Waals surface area contributed by atoms with Gasteiger partial charge in [0.05, 0.1) is 6.42 Å². The second kappa shape index (κ2) is 7.92. The van der Waals surface area contributed by atoms with E-state index in [2.05, 4.69) is 4.98 Å². The van der Waals surface area contributed by atoms with Gasteiger partial charge in [-0.3, -0.25) is 9.78 Å². The van der Waals surface area contributed by atoms with Crippen molar-refractivity contribution in [3.05, 3.63) is 103 Å². The van der Waals surface area contributed by atoms with Crippen LogP contribution in [0.1, 0.15) is 5.56 Å². The Morgan fingerprint density at radius 3 is 2.16 bits per heavy atom. The van der Waals surface area contributed by atoms with Gasteiger partial charge in [0.25, 0.3) is 0 Å². The number of carbonyl (C=O) groups excluding carboxylic acids is 1. The molecule has 4 aromatic carbocycles. The molecule has 0 bridgehead atoms. The number of ether oxygens (including phenoxy) is 1. The van der Waals surface area contributed by atoms with Crippen LogP contribution in [-0.4, -0.2) is 16.1 Å². The molecule has 1 aromatic heterocycles. The van der Waals surface area contributed by atoms with Crippen LogP contribution in [0.2, 0.25) is 0 Å². The first kappa shape index (κ1) is 18.8. The van der Waals surface area contributed by atoms with Crippen molar-refractivity contribution < 1.29 is 14.6 Å². The van der Waals surface area contributed by atoms with Gasteiger partial charge in [0.1, 0.15) is 11.5 Å². The molecule has 0 unspecified atom stereocenters. The molecule has 1 N–H and O–H groups in total. The Morgan fingerprint density at radius 1 is 0.774 bits per heavy atom. The number of esters is 1. The lowest BCUT2D eigenvalue weighted by molar-refractivity contribution is -0.133. The number of benzene rings is 4. The number of hydrogen-bond donors (Lipinski definition) is 1. The zero-order chi connectivity index (χ0) is 21.2. The number of pyridine rings is 1. The molecule has 4 nitrogen and oxygen atoms in total. The molecule has 0 saturated carbocycles. The summed E-state index contributed by atoms with van der Waals surface area (Å²) in [5.74, 6) is 0.170. The number of carbonyl (C=O) groups is 1. The zero-order valence-electron chi connectivity index (χ0n) is 16.7. The van der Waals surface area contributed by atoms with Crippen LogP contribution in [0.4, 0.5) is 0 Å². The molecule has 0 aliphatic heterocycles. The second-order valence-electron chi connectivity index (χ2n) is 7.35. The lowest BCUT2D eigenvalue weighted by atomic mass is 9.92. The van der Waals surface area contributed by atoms with E-state index in [4.69, 9.17) is 4.74 Å². The Balaban J connectivity index is 1.69. The minimum absolute atomic E-state index is 0.113. The van der Waals surface area contributed by atoms with Crippen molar-refractivity contribution in [1.82, 2.24) is 4.98 Å². The number of hydrogen-bond acceptors (Lipinski definition) is 4. The van der Waals surface area contributed by atoms with Crippen LogP contribution in [0.15, 0.2) is 97.3 Å². The molecule has 1 heterocycles.